The number of benzene rings is 1. The predicted octanol–water partition coefficient (Wildman–Crippen LogP) is 2.68. The van der Waals surface area contributed by atoms with Crippen LogP contribution in [0.25, 0.3) is 0 Å². The Bertz CT molecular complexity index is 673. The summed E-state index contributed by atoms with van der Waals surface area (Å²) in [6.45, 7) is 0.291. The van der Waals surface area contributed by atoms with E-state index in [9.17, 15) is 8.42 Å². The van der Waals surface area contributed by atoms with Crippen molar-refractivity contribution in [2.75, 3.05) is 12.9 Å². The van der Waals surface area contributed by atoms with Gasteiger partial charge in [-0.25, -0.2) is 8.42 Å². The third kappa shape index (κ3) is 4.03. The maximum Gasteiger partial charge on any atom is 0.243 e. The predicted molar refractivity (Wildman–Crippen MR) is 83.8 cm³/mol. The summed E-state index contributed by atoms with van der Waals surface area (Å²) in [6.07, 6.45) is 4.05. The molecule has 1 aromatic heterocycles. The Balaban J connectivity index is 2.16. The first-order valence-corrected chi connectivity index (χ1v) is 8.51. The van der Waals surface area contributed by atoms with E-state index in [4.69, 9.17) is 11.6 Å². The molecule has 0 aliphatic rings. The van der Waals surface area contributed by atoms with Crippen molar-refractivity contribution in [1.29, 1.82) is 0 Å². The molecule has 0 aliphatic carbocycles. The van der Waals surface area contributed by atoms with Crippen molar-refractivity contribution in [1.82, 2.24) is 9.29 Å². The number of halogens is 1. The van der Waals surface area contributed by atoms with Crippen LogP contribution in [0.1, 0.15) is 11.1 Å². The van der Waals surface area contributed by atoms with Gasteiger partial charge in [-0.05, 0) is 35.7 Å². The number of sulfonamides is 1. The van der Waals surface area contributed by atoms with Gasteiger partial charge in [0.15, 0.2) is 0 Å². The van der Waals surface area contributed by atoms with Gasteiger partial charge in [0.2, 0.25) is 10.0 Å². The van der Waals surface area contributed by atoms with Crippen molar-refractivity contribution in [3.63, 3.8) is 0 Å². The van der Waals surface area contributed by atoms with E-state index in [2.05, 4.69) is 4.98 Å². The number of nitrogens with zero attached hydrogens (tertiary/aromatic N) is 2. The van der Waals surface area contributed by atoms with Crippen molar-refractivity contribution >= 4 is 21.6 Å². The number of rotatable bonds is 6. The molecule has 2 aromatic rings. The van der Waals surface area contributed by atoms with Gasteiger partial charge in [0, 0.05) is 31.9 Å². The summed E-state index contributed by atoms with van der Waals surface area (Å²) >= 11 is 5.67. The summed E-state index contributed by atoms with van der Waals surface area (Å²) in [5.41, 5.74) is 1.88. The van der Waals surface area contributed by atoms with Crippen LogP contribution in [0.5, 0.6) is 0 Å². The topological polar surface area (TPSA) is 50.3 Å². The van der Waals surface area contributed by atoms with Gasteiger partial charge in [0.05, 0.1) is 4.90 Å². The van der Waals surface area contributed by atoms with E-state index in [1.54, 1.807) is 49.8 Å². The molecule has 2 rings (SSSR count). The summed E-state index contributed by atoms with van der Waals surface area (Å²) in [5, 5.41) is 0. The van der Waals surface area contributed by atoms with E-state index in [0.29, 0.717) is 12.4 Å². The number of alkyl halides is 1. The minimum atomic E-state index is -3.50. The van der Waals surface area contributed by atoms with Crippen LogP contribution < -0.4 is 0 Å². The minimum absolute atomic E-state index is 0.284. The number of hydrogen-bond donors (Lipinski definition) is 0. The van der Waals surface area contributed by atoms with Crippen LogP contribution in [0.4, 0.5) is 0 Å². The molecule has 0 bridgehead atoms. The van der Waals surface area contributed by atoms with E-state index in [0.717, 1.165) is 17.5 Å². The zero-order chi connectivity index (χ0) is 15.3. The summed E-state index contributed by atoms with van der Waals surface area (Å²) in [6, 6.07) is 10.5. The third-order valence-electron chi connectivity index (χ3n) is 3.14. The molecule has 112 valence electrons. The number of aromatic nitrogens is 1. The average molecular weight is 325 g/mol. The molecule has 0 aliphatic heterocycles. The normalized spacial score (nSPS) is 11.8. The second-order valence-corrected chi connectivity index (χ2v) is 7.13. The number of hydrogen-bond acceptors (Lipinski definition) is 3. The van der Waals surface area contributed by atoms with Crippen molar-refractivity contribution in [2.24, 2.45) is 0 Å². The highest BCUT2D eigenvalue weighted by Crippen LogP contribution is 2.17. The summed E-state index contributed by atoms with van der Waals surface area (Å²) < 4.78 is 26.3. The first-order chi connectivity index (χ1) is 10.0. The monoisotopic (exact) mass is 324 g/mol. The van der Waals surface area contributed by atoms with Gasteiger partial charge >= 0.3 is 0 Å². The molecule has 4 nitrogen and oxygen atoms in total. The average Bonchev–Trinajstić information content (AvgIpc) is 2.49. The molecule has 0 radical (unpaired) electrons. The molecule has 0 amide bonds. The lowest BCUT2D eigenvalue weighted by Crippen LogP contribution is -2.26. The number of pyridine rings is 1. The lowest BCUT2D eigenvalue weighted by Gasteiger charge is -2.17. The van der Waals surface area contributed by atoms with Crippen LogP contribution in [0, 0.1) is 0 Å². The fourth-order valence-electron chi connectivity index (χ4n) is 1.95. The van der Waals surface area contributed by atoms with Crippen molar-refractivity contribution < 1.29 is 8.42 Å². The quantitative estimate of drug-likeness (QED) is 0.768. The molecule has 6 heteroatoms. The Morgan fingerprint density at radius 2 is 1.86 bits per heavy atom. The second kappa shape index (κ2) is 7.02. The van der Waals surface area contributed by atoms with Gasteiger partial charge in [0.25, 0.3) is 0 Å². The molecule has 0 saturated carbocycles. The van der Waals surface area contributed by atoms with Crippen LogP contribution >= 0.6 is 11.6 Å². The second-order valence-electron chi connectivity index (χ2n) is 4.71. The lowest BCUT2D eigenvalue weighted by molar-refractivity contribution is 0.466. The van der Waals surface area contributed by atoms with Crippen LogP contribution in [0.2, 0.25) is 0 Å². The molecular weight excluding hydrogens is 308 g/mol. The van der Waals surface area contributed by atoms with Crippen LogP contribution in [-0.4, -0.2) is 30.6 Å². The lowest BCUT2D eigenvalue weighted by atomic mass is 10.2. The van der Waals surface area contributed by atoms with Crippen molar-refractivity contribution in [3.05, 3.63) is 59.9 Å². The van der Waals surface area contributed by atoms with Gasteiger partial charge in [-0.2, -0.15) is 4.31 Å². The fourth-order valence-corrected chi connectivity index (χ4v) is 3.33. The molecule has 0 unspecified atom stereocenters. The standard InChI is InChI=1S/C15H17ClN2O2S/c1-18(12-14-3-2-10-17-11-14)21(19,20)15-6-4-13(5-7-15)8-9-16/h2-7,10-11H,8-9,12H2,1H3. The zero-order valence-electron chi connectivity index (χ0n) is 11.7. The first-order valence-electron chi connectivity index (χ1n) is 6.54. The SMILES string of the molecule is CN(Cc1cccnc1)S(=O)(=O)c1ccc(CCCl)cc1. The van der Waals surface area contributed by atoms with E-state index in [1.807, 2.05) is 6.07 Å². The zero-order valence-corrected chi connectivity index (χ0v) is 13.3. The van der Waals surface area contributed by atoms with Gasteiger partial charge in [0.1, 0.15) is 0 Å². The maximum atomic E-state index is 12.5. The van der Waals surface area contributed by atoms with E-state index < -0.39 is 10.0 Å². The van der Waals surface area contributed by atoms with Crippen molar-refractivity contribution in [2.45, 2.75) is 17.9 Å². The van der Waals surface area contributed by atoms with Crippen LogP contribution in [0.3, 0.4) is 0 Å². The van der Waals surface area contributed by atoms with E-state index in [-0.39, 0.29) is 4.90 Å². The van der Waals surface area contributed by atoms with Gasteiger partial charge in [-0.1, -0.05) is 18.2 Å². The van der Waals surface area contributed by atoms with Crippen LogP contribution in [-0.2, 0) is 23.0 Å². The van der Waals surface area contributed by atoms with Gasteiger partial charge in [-0.3, -0.25) is 4.98 Å². The Morgan fingerprint density at radius 3 is 2.43 bits per heavy atom. The minimum Gasteiger partial charge on any atom is -0.264 e. The molecule has 0 fully saturated rings. The first kappa shape index (κ1) is 15.9. The Labute approximate surface area is 130 Å². The molecule has 0 saturated heterocycles. The van der Waals surface area contributed by atoms with Crippen LogP contribution in [0.15, 0.2) is 53.7 Å². The molecule has 0 atom stereocenters. The molecular formula is C15H17ClN2O2S. The molecule has 1 aromatic carbocycles. The summed E-state index contributed by atoms with van der Waals surface area (Å²) in [4.78, 5) is 4.28. The highest BCUT2D eigenvalue weighted by atomic mass is 35.5. The van der Waals surface area contributed by atoms with Gasteiger partial charge in [-0.15, -0.1) is 11.6 Å². The Morgan fingerprint density at radius 1 is 1.14 bits per heavy atom. The maximum absolute atomic E-state index is 12.5. The molecule has 1 heterocycles. The van der Waals surface area contributed by atoms with E-state index in [1.165, 1.54) is 4.31 Å². The van der Waals surface area contributed by atoms with Crippen molar-refractivity contribution in [3.8, 4) is 0 Å². The fraction of sp³-hybridized carbons (Fsp3) is 0.267. The third-order valence-corrected chi connectivity index (χ3v) is 5.15. The summed E-state index contributed by atoms with van der Waals surface area (Å²) in [7, 11) is -1.93. The molecule has 0 spiro atoms. The summed E-state index contributed by atoms with van der Waals surface area (Å²) in [5.74, 6) is 0.521. The highest BCUT2D eigenvalue weighted by Gasteiger charge is 2.20. The Kier molecular flexibility index (Phi) is 5.33. The van der Waals surface area contributed by atoms with Gasteiger partial charge < -0.3 is 0 Å². The highest BCUT2D eigenvalue weighted by molar-refractivity contribution is 7.89. The van der Waals surface area contributed by atoms with E-state index >= 15 is 0 Å². The largest absolute Gasteiger partial charge is 0.264 e. The molecule has 21 heavy (non-hydrogen) atoms. The Hall–Kier alpha value is -1.43. The molecule has 0 N–H and O–H groups in total. The smallest absolute Gasteiger partial charge is 0.243 e. The number of aryl methyl sites for hydroxylation is 1.